The van der Waals surface area contributed by atoms with Gasteiger partial charge >= 0.3 is 0 Å². The molecule has 18 heavy (non-hydrogen) atoms. The van der Waals surface area contributed by atoms with Crippen LogP contribution < -0.4 is 0 Å². The van der Waals surface area contributed by atoms with Gasteiger partial charge in [0.25, 0.3) is 0 Å². The quantitative estimate of drug-likeness (QED) is 0.515. The standard InChI is InChI=1S/C17H29N/c1-2-3-10-15-18(16-11-6-4-7-12-16)17-13-8-5-9-14-17/h1,16-17H,3-15H2. The predicted molar refractivity (Wildman–Crippen MR) is 78.5 cm³/mol. The molecule has 0 atom stereocenters. The van der Waals surface area contributed by atoms with E-state index in [0.717, 1.165) is 18.5 Å². The molecule has 102 valence electrons. The summed E-state index contributed by atoms with van der Waals surface area (Å²) in [6.45, 7) is 1.25. The molecule has 0 amide bonds. The van der Waals surface area contributed by atoms with Crippen molar-refractivity contribution in [2.75, 3.05) is 6.54 Å². The van der Waals surface area contributed by atoms with Crippen LogP contribution in [-0.2, 0) is 0 Å². The van der Waals surface area contributed by atoms with Crippen molar-refractivity contribution in [3.63, 3.8) is 0 Å². The molecule has 2 aliphatic rings. The van der Waals surface area contributed by atoms with Gasteiger partial charge < -0.3 is 0 Å². The van der Waals surface area contributed by atoms with Crippen LogP contribution >= 0.6 is 0 Å². The highest BCUT2D eigenvalue weighted by atomic mass is 15.2. The summed E-state index contributed by atoms with van der Waals surface area (Å²) in [6.07, 6.45) is 22.0. The van der Waals surface area contributed by atoms with E-state index >= 15 is 0 Å². The van der Waals surface area contributed by atoms with Gasteiger partial charge in [-0.3, -0.25) is 4.90 Å². The first-order valence-corrected chi connectivity index (χ1v) is 8.11. The molecule has 0 aromatic carbocycles. The topological polar surface area (TPSA) is 3.24 Å². The van der Waals surface area contributed by atoms with Gasteiger partial charge in [-0.15, -0.1) is 12.3 Å². The smallest absolute Gasteiger partial charge is 0.00982 e. The first-order chi connectivity index (χ1) is 8.92. The van der Waals surface area contributed by atoms with Crippen molar-refractivity contribution in [2.24, 2.45) is 0 Å². The molecule has 0 aromatic rings. The van der Waals surface area contributed by atoms with Gasteiger partial charge in [0, 0.05) is 18.5 Å². The van der Waals surface area contributed by atoms with Crippen LogP contribution in [0.15, 0.2) is 0 Å². The molecule has 0 aromatic heterocycles. The van der Waals surface area contributed by atoms with Gasteiger partial charge in [-0.2, -0.15) is 0 Å². The second-order valence-corrected chi connectivity index (χ2v) is 6.13. The van der Waals surface area contributed by atoms with E-state index in [1.165, 1.54) is 77.2 Å². The van der Waals surface area contributed by atoms with Crippen LogP contribution in [0, 0.1) is 12.3 Å². The molecular weight excluding hydrogens is 218 g/mol. The van der Waals surface area contributed by atoms with E-state index in [2.05, 4.69) is 10.8 Å². The maximum Gasteiger partial charge on any atom is 0.00982 e. The highest BCUT2D eigenvalue weighted by Gasteiger charge is 2.27. The third-order valence-electron chi connectivity index (χ3n) is 4.82. The van der Waals surface area contributed by atoms with Crippen molar-refractivity contribution in [2.45, 2.75) is 89.1 Å². The summed E-state index contributed by atoms with van der Waals surface area (Å²) in [5.74, 6) is 2.80. The average Bonchev–Trinajstić information content (AvgIpc) is 2.46. The van der Waals surface area contributed by atoms with Crippen molar-refractivity contribution in [1.29, 1.82) is 0 Å². The molecule has 0 aliphatic heterocycles. The Morgan fingerprint density at radius 3 is 1.78 bits per heavy atom. The first-order valence-electron chi connectivity index (χ1n) is 8.11. The Balaban J connectivity index is 1.89. The van der Waals surface area contributed by atoms with Crippen LogP contribution in [0.4, 0.5) is 0 Å². The van der Waals surface area contributed by atoms with Crippen LogP contribution in [0.3, 0.4) is 0 Å². The van der Waals surface area contributed by atoms with E-state index in [1.807, 2.05) is 0 Å². The lowest BCUT2D eigenvalue weighted by atomic mass is 9.88. The molecule has 1 heteroatoms. The number of hydrogen-bond donors (Lipinski definition) is 0. The Morgan fingerprint density at radius 2 is 1.33 bits per heavy atom. The van der Waals surface area contributed by atoms with Crippen molar-refractivity contribution < 1.29 is 0 Å². The van der Waals surface area contributed by atoms with Crippen molar-refractivity contribution in [3.8, 4) is 12.3 Å². The number of terminal acetylenes is 1. The van der Waals surface area contributed by atoms with E-state index in [1.54, 1.807) is 0 Å². The maximum atomic E-state index is 5.40. The highest BCUT2D eigenvalue weighted by molar-refractivity contribution is 4.87. The first kappa shape index (κ1) is 13.9. The van der Waals surface area contributed by atoms with E-state index in [9.17, 15) is 0 Å². The Morgan fingerprint density at radius 1 is 0.833 bits per heavy atom. The Labute approximate surface area is 113 Å². The number of rotatable bonds is 5. The number of hydrogen-bond acceptors (Lipinski definition) is 1. The average molecular weight is 247 g/mol. The van der Waals surface area contributed by atoms with Crippen LogP contribution in [0.25, 0.3) is 0 Å². The van der Waals surface area contributed by atoms with Gasteiger partial charge in [0.15, 0.2) is 0 Å². The van der Waals surface area contributed by atoms with Gasteiger partial charge in [0.05, 0.1) is 0 Å². The van der Waals surface area contributed by atoms with Crippen LogP contribution in [-0.4, -0.2) is 23.5 Å². The summed E-state index contributed by atoms with van der Waals surface area (Å²) in [5, 5.41) is 0. The third-order valence-corrected chi connectivity index (χ3v) is 4.82. The minimum atomic E-state index is 0.875. The summed E-state index contributed by atoms with van der Waals surface area (Å²) < 4.78 is 0. The summed E-state index contributed by atoms with van der Waals surface area (Å²) in [7, 11) is 0. The summed E-state index contributed by atoms with van der Waals surface area (Å²) >= 11 is 0. The van der Waals surface area contributed by atoms with Gasteiger partial charge in [-0.25, -0.2) is 0 Å². The van der Waals surface area contributed by atoms with Crippen molar-refractivity contribution in [1.82, 2.24) is 4.90 Å². The van der Waals surface area contributed by atoms with Crippen LogP contribution in [0.1, 0.15) is 77.0 Å². The van der Waals surface area contributed by atoms with Gasteiger partial charge in [0.2, 0.25) is 0 Å². The zero-order valence-electron chi connectivity index (χ0n) is 11.9. The summed E-state index contributed by atoms with van der Waals surface area (Å²) in [5.41, 5.74) is 0. The molecule has 0 N–H and O–H groups in total. The fourth-order valence-electron chi connectivity index (χ4n) is 3.85. The lowest BCUT2D eigenvalue weighted by molar-refractivity contribution is 0.0800. The minimum Gasteiger partial charge on any atom is -0.297 e. The molecule has 0 saturated heterocycles. The zero-order valence-corrected chi connectivity index (χ0v) is 11.9. The molecule has 2 saturated carbocycles. The molecule has 2 aliphatic carbocycles. The molecule has 0 heterocycles. The summed E-state index contributed by atoms with van der Waals surface area (Å²) in [6, 6.07) is 1.75. The van der Waals surface area contributed by atoms with E-state index in [4.69, 9.17) is 6.42 Å². The fraction of sp³-hybridized carbons (Fsp3) is 0.882. The number of unbranched alkanes of at least 4 members (excludes halogenated alkanes) is 1. The second-order valence-electron chi connectivity index (χ2n) is 6.13. The van der Waals surface area contributed by atoms with E-state index < -0.39 is 0 Å². The predicted octanol–water partition coefficient (Wildman–Crippen LogP) is 4.37. The molecule has 0 bridgehead atoms. The lowest BCUT2D eigenvalue weighted by Gasteiger charge is -2.41. The molecule has 2 rings (SSSR count). The monoisotopic (exact) mass is 247 g/mol. The lowest BCUT2D eigenvalue weighted by Crippen LogP contribution is -2.45. The largest absolute Gasteiger partial charge is 0.297 e. The van der Waals surface area contributed by atoms with Crippen LogP contribution in [0.2, 0.25) is 0 Å². The van der Waals surface area contributed by atoms with E-state index in [-0.39, 0.29) is 0 Å². The Kier molecular flexibility index (Phi) is 6.08. The highest BCUT2D eigenvalue weighted by Crippen LogP contribution is 2.30. The SMILES string of the molecule is C#CCCCN(C1CCCCC1)C1CCCCC1. The van der Waals surface area contributed by atoms with Crippen molar-refractivity contribution >= 4 is 0 Å². The Bertz CT molecular complexity index is 235. The minimum absolute atomic E-state index is 0.875. The van der Waals surface area contributed by atoms with Crippen LogP contribution in [0.5, 0.6) is 0 Å². The van der Waals surface area contributed by atoms with Crippen molar-refractivity contribution in [3.05, 3.63) is 0 Å². The molecule has 0 spiro atoms. The molecule has 2 fully saturated rings. The molecule has 0 unspecified atom stereocenters. The van der Waals surface area contributed by atoms with E-state index in [0.29, 0.717) is 0 Å². The van der Waals surface area contributed by atoms with Gasteiger partial charge in [-0.1, -0.05) is 38.5 Å². The third kappa shape index (κ3) is 4.02. The second kappa shape index (κ2) is 7.85. The number of nitrogens with zero attached hydrogens (tertiary/aromatic N) is 1. The Hall–Kier alpha value is -0.480. The molecule has 1 nitrogen and oxygen atoms in total. The zero-order chi connectivity index (χ0) is 12.6. The van der Waals surface area contributed by atoms with Gasteiger partial charge in [-0.05, 0) is 38.6 Å². The molecular formula is C17H29N. The summed E-state index contributed by atoms with van der Waals surface area (Å²) in [4.78, 5) is 2.86. The fourth-order valence-corrected chi connectivity index (χ4v) is 3.85. The van der Waals surface area contributed by atoms with Gasteiger partial charge in [0.1, 0.15) is 0 Å². The molecule has 0 radical (unpaired) electrons. The normalized spacial score (nSPS) is 23.1. The maximum absolute atomic E-state index is 5.40.